The van der Waals surface area contributed by atoms with E-state index >= 15 is 0 Å². The third kappa shape index (κ3) is 3.26. The summed E-state index contributed by atoms with van der Waals surface area (Å²) in [5.41, 5.74) is 2.63. The van der Waals surface area contributed by atoms with Crippen LogP contribution in [-0.2, 0) is 0 Å². The summed E-state index contributed by atoms with van der Waals surface area (Å²) in [6.07, 6.45) is 1.52. The molecule has 26 heavy (non-hydrogen) atoms. The molecule has 0 fully saturated rings. The number of benzene rings is 2. The fraction of sp³-hybridized carbons (Fsp3) is 0.0526. The van der Waals surface area contributed by atoms with E-state index in [9.17, 15) is 4.39 Å². The van der Waals surface area contributed by atoms with Crippen molar-refractivity contribution >= 4 is 56.3 Å². The van der Waals surface area contributed by atoms with E-state index in [-0.39, 0.29) is 5.82 Å². The van der Waals surface area contributed by atoms with Crippen LogP contribution in [0.1, 0.15) is 4.88 Å². The zero-order chi connectivity index (χ0) is 18.3. The van der Waals surface area contributed by atoms with E-state index in [1.807, 2.05) is 6.92 Å². The highest BCUT2D eigenvalue weighted by Gasteiger charge is 2.17. The fourth-order valence-electron chi connectivity index (χ4n) is 2.87. The topological polar surface area (TPSA) is 37.8 Å². The SMILES string of the molecule is Cc1sc2ncnc(Nc3cc(Cl)cc(Cl)c3)c2c1-c1ccc(F)cc1. The first-order chi connectivity index (χ1) is 12.5. The second kappa shape index (κ2) is 6.83. The van der Waals surface area contributed by atoms with Gasteiger partial charge >= 0.3 is 0 Å². The molecule has 130 valence electrons. The van der Waals surface area contributed by atoms with Crippen LogP contribution in [0.4, 0.5) is 15.9 Å². The Hall–Kier alpha value is -2.21. The van der Waals surface area contributed by atoms with Crippen LogP contribution in [-0.4, -0.2) is 9.97 Å². The number of nitrogens with one attached hydrogen (secondary N) is 1. The summed E-state index contributed by atoms with van der Waals surface area (Å²) in [6.45, 7) is 2.02. The maximum atomic E-state index is 13.3. The summed E-state index contributed by atoms with van der Waals surface area (Å²) in [7, 11) is 0. The molecule has 0 spiro atoms. The number of halogens is 3. The molecule has 0 atom stereocenters. The van der Waals surface area contributed by atoms with Crippen LogP contribution in [0, 0.1) is 12.7 Å². The molecule has 7 heteroatoms. The zero-order valence-corrected chi connectivity index (χ0v) is 15.9. The molecule has 1 N–H and O–H groups in total. The van der Waals surface area contributed by atoms with Gasteiger partial charge in [0.15, 0.2) is 0 Å². The van der Waals surface area contributed by atoms with Gasteiger partial charge in [0, 0.05) is 26.2 Å². The molecule has 4 aromatic rings. The predicted molar refractivity (Wildman–Crippen MR) is 107 cm³/mol. The Labute approximate surface area is 163 Å². The Kier molecular flexibility index (Phi) is 4.53. The number of anilines is 2. The van der Waals surface area contributed by atoms with Gasteiger partial charge in [-0.1, -0.05) is 35.3 Å². The lowest BCUT2D eigenvalue weighted by Gasteiger charge is -2.10. The lowest BCUT2D eigenvalue weighted by atomic mass is 10.0. The highest BCUT2D eigenvalue weighted by atomic mass is 35.5. The monoisotopic (exact) mass is 403 g/mol. The average molecular weight is 404 g/mol. The van der Waals surface area contributed by atoms with Crippen LogP contribution in [0.3, 0.4) is 0 Å². The second-order valence-electron chi connectivity index (χ2n) is 5.73. The Bertz CT molecular complexity index is 1090. The molecule has 2 aromatic heterocycles. The van der Waals surface area contributed by atoms with Crippen LogP contribution >= 0.6 is 34.5 Å². The van der Waals surface area contributed by atoms with Crippen molar-refractivity contribution in [2.24, 2.45) is 0 Å². The largest absolute Gasteiger partial charge is 0.339 e. The maximum absolute atomic E-state index is 13.3. The van der Waals surface area contributed by atoms with E-state index in [1.165, 1.54) is 18.5 Å². The highest BCUT2D eigenvalue weighted by molar-refractivity contribution is 7.19. The Balaban J connectivity index is 1.89. The van der Waals surface area contributed by atoms with E-state index in [0.717, 1.165) is 31.9 Å². The van der Waals surface area contributed by atoms with Gasteiger partial charge in [0.2, 0.25) is 0 Å². The normalized spacial score (nSPS) is 11.1. The van der Waals surface area contributed by atoms with Crippen molar-refractivity contribution < 1.29 is 4.39 Å². The third-order valence-corrected chi connectivity index (χ3v) is 5.37. The lowest BCUT2D eigenvalue weighted by Crippen LogP contribution is -1.96. The van der Waals surface area contributed by atoms with E-state index in [0.29, 0.717) is 15.9 Å². The van der Waals surface area contributed by atoms with Gasteiger partial charge in [-0.3, -0.25) is 0 Å². The fourth-order valence-corrected chi connectivity index (χ4v) is 4.40. The summed E-state index contributed by atoms with van der Waals surface area (Å²) in [6, 6.07) is 11.6. The van der Waals surface area contributed by atoms with Gasteiger partial charge < -0.3 is 5.32 Å². The van der Waals surface area contributed by atoms with E-state index < -0.39 is 0 Å². The molecule has 0 aliphatic heterocycles. The summed E-state index contributed by atoms with van der Waals surface area (Å²) >= 11 is 13.8. The molecule has 0 radical (unpaired) electrons. The molecular weight excluding hydrogens is 392 g/mol. The van der Waals surface area contributed by atoms with Crippen LogP contribution in [0.15, 0.2) is 48.8 Å². The van der Waals surface area contributed by atoms with Crippen molar-refractivity contribution in [1.82, 2.24) is 9.97 Å². The minimum atomic E-state index is -0.269. The summed E-state index contributed by atoms with van der Waals surface area (Å²) in [5, 5.41) is 5.23. The first-order valence-corrected chi connectivity index (χ1v) is 9.31. The quantitative estimate of drug-likeness (QED) is 0.406. The molecule has 0 aliphatic rings. The minimum Gasteiger partial charge on any atom is -0.339 e. The van der Waals surface area contributed by atoms with Gasteiger partial charge in [0.25, 0.3) is 0 Å². The number of fused-ring (bicyclic) bond motifs is 1. The first kappa shape index (κ1) is 17.2. The molecule has 2 aromatic carbocycles. The Morgan fingerprint density at radius 1 is 1.00 bits per heavy atom. The Morgan fingerprint density at radius 2 is 1.69 bits per heavy atom. The van der Waals surface area contributed by atoms with E-state index in [1.54, 1.807) is 41.7 Å². The van der Waals surface area contributed by atoms with E-state index in [2.05, 4.69) is 15.3 Å². The molecule has 3 nitrogen and oxygen atoms in total. The molecule has 4 rings (SSSR count). The van der Waals surface area contributed by atoms with Crippen LogP contribution in [0.5, 0.6) is 0 Å². The first-order valence-electron chi connectivity index (χ1n) is 7.74. The zero-order valence-electron chi connectivity index (χ0n) is 13.6. The second-order valence-corrected chi connectivity index (χ2v) is 7.80. The molecule has 0 bridgehead atoms. The van der Waals surface area contributed by atoms with Crippen LogP contribution in [0.25, 0.3) is 21.3 Å². The lowest BCUT2D eigenvalue weighted by molar-refractivity contribution is 0.628. The van der Waals surface area contributed by atoms with E-state index in [4.69, 9.17) is 23.2 Å². The molecule has 0 aliphatic carbocycles. The highest BCUT2D eigenvalue weighted by Crippen LogP contribution is 2.41. The average Bonchev–Trinajstić information content (AvgIpc) is 2.92. The molecule has 0 unspecified atom stereocenters. The summed E-state index contributed by atoms with van der Waals surface area (Å²) in [4.78, 5) is 10.7. The molecule has 0 amide bonds. The summed E-state index contributed by atoms with van der Waals surface area (Å²) in [5.74, 6) is 0.381. The predicted octanol–water partition coefficient (Wildman–Crippen LogP) is 6.86. The number of rotatable bonds is 3. The number of hydrogen-bond donors (Lipinski definition) is 1. The van der Waals surface area contributed by atoms with Crippen LogP contribution in [0.2, 0.25) is 10.0 Å². The molecular formula is C19H12Cl2FN3S. The standard InChI is InChI=1S/C19H12Cl2FN3S/c1-10-16(11-2-4-14(22)5-3-11)17-18(23-9-24-19(17)26-10)25-15-7-12(20)6-13(21)8-15/h2-9H,1H3,(H,23,24,25). The van der Waals surface area contributed by atoms with Crippen molar-refractivity contribution in [3.05, 3.63) is 69.5 Å². The van der Waals surface area contributed by atoms with Crippen LogP contribution < -0.4 is 5.32 Å². The Morgan fingerprint density at radius 3 is 2.38 bits per heavy atom. The van der Waals surface area contributed by atoms with Crippen molar-refractivity contribution in [3.8, 4) is 11.1 Å². The minimum absolute atomic E-state index is 0.269. The smallest absolute Gasteiger partial charge is 0.143 e. The number of thiophene rings is 1. The molecule has 2 heterocycles. The molecule has 0 saturated carbocycles. The van der Waals surface area contributed by atoms with Crippen molar-refractivity contribution in [2.75, 3.05) is 5.32 Å². The maximum Gasteiger partial charge on any atom is 0.143 e. The third-order valence-electron chi connectivity index (χ3n) is 3.92. The molecule has 0 saturated heterocycles. The summed E-state index contributed by atoms with van der Waals surface area (Å²) < 4.78 is 13.3. The van der Waals surface area contributed by atoms with Gasteiger partial charge in [0.05, 0.1) is 5.39 Å². The van der Waals surface area contributed by atoms with Gasteiger partial charge in [-0.2, -0.15) is 0 Å². The number of hydrogen-bond acceptors (Lipinski definition) is 4. The number of aromatic nitrogens is 2. The van der Waals surface area contributed by atoms with Gasteiger partial charge in [-0.15, -0.1) is 11.3 Å². The van der Waals surface area contributed by atoms with Crippen molar-refractivity contribution in [1.29, 1.82) is 0 Å². The number of aryl methyl sites for hydroxylation is 1. The van der Waals surface area contributed by atoms with Gasteiger partial charge in [-0.25, -0.2) is 14.4 Å². The van der Waals surface area contributed by atoms with Gasteiger partial charge in [0.1, 0.15) is 22.8 Å². The van der Waals surface area contributed by atoms with Gasteiger partial charge in [-0.05, 0) is 42.8 Å². The van der Waals surface area contributed by atoms with Crippen molar-refractivity contribution in [2.45, 2.75) is 6.92 Å². The van der Waals surface area contributed by atoms with Crippen molar-refractivity contribution in [3.63, 3.8) is 0 Å². The number of nitrogens with zero attached hydrogens (tertiary/aromatic N) is 2.